The van der Waals surface area contributed by atoms with Gasteiger partial charge in [0.05, 0.1) is 6.04 Å². The minimum Gasteiger partial charge on any atom is -0.352 e. The van der Waals surface area contributed by atoms with Crippen molar-refractivity contribution in [3.05, 3.63) is 48.0 Å². The maximum Gasteiger partial charge on any atom is 0.313 e. The molecule has 2 aromatic rings. The van der Waals surface area contributed by atoms with Gasteiger partial charge in [-0.05, 0) is 42.0 Å². The molecule has 3 N–H and O–H groups in total. The fourth-order valence-corrected chi connectivity index (χ4v) is 3.90. The Balaban J connectivity index is 1.68. The number of benzene rings is 2. The van der Waals surface area contributed by atoms with Crippen molar-refractivity contribution >= 4 is 22.7 Å². The Morgan fingerprint density at radius 2 is 1.88 bits per heavy atom. The first-order valence-corrected chi connectivity index (χ1v) is 8.47. The first-order chi connectivity index (χ1) is 11.6. The molecule has 1 aliphatic heterocycles. The van der Waals surface area contributed by atoms with Crippen LogP contribution >= 0.6 is 0 Å². The number of carbonyl (C=O) groups is 2. The SMILES string of the molecule is NC(=O)NC1(C(=O)N2CCC[C@H]2c2cccc3ccccc23)CC1. The van der Waals surface area contributed by atoms with E-state index in [1.807, 2.05) is 23.1 Å². The van der Waals surface area contributed by atoms with Crippen LogP contribution in [0.2, 0.25) is 0 Å². The zero-order chi connectivity index (χ0) is 16.7. The molecular weight excluding hydrogens is 302 g/mol. The minimum absolute atomic E-state index is 0.0109. The van der Waals surface area contributed by atoms with Crippen LogP contribution in [0.3, 0.4) is 0 Å². The Morgan fingerprint density at radius 1 is 1.12 bits per heavy atom. The van der Waals surface area contributed by atoms with Crippen LogP contribution in [-0.2, 0) is 4.79 Å². The summed E-state index contributed by atoms with van der Waals surface area (Å²) in [5, 5.41) is 5.04. The molecule has 0 aromatic heterocycles. The van der Waals surface area contributed by atoms with Crippen molar-refractivity contribution in [1.29, 1.82) is 0 Å². The Hall–Kier alpha value is -2.56. The fraction of sp³-hybridized carbons (Fsp3) is 0.368. The van der Waals surface area contributed by atoms with Crippen molar-refractivity contribution in [2.45, 2.75) is 37.3 Å². The zero-order valence-corrected chi connectivity index (χ0v) is 13.5. The van der Waals surface area contributed by atoms with Crippen LogP contribution in [0.15, 0.2) is 42.5 Å². The molecule has 1 atom stereocenters. The molecule has 0 spiro atoms. The lowest BCUT2D eigenvalue weighted by molar-refractivity contribution is -0.135. The van der Waals surface area contributed by atoms with Gasteiger partial charge >= 0.3 is 6.03 Å². The van der Waals surface area contributed by atoms with Gasteiger partial charge in [0, 0.05) is 6.54 Å². The maximum absolute atomic E-state index is 13.0. The summed E-state index contributed by atoms with van der Waals surface area (Å²) in [6, 6.07) is 14.0. The van der Waals surface area contributed by atoms with Crippen molar-refractivity contribution in [3.8, 4) is 0 Å². The molecule has 0 radical (unpaired) electrons. The molecular formula is C19H21N3O2. The highest BCUT2D eigenvalue weighted by molar-refractivity contribution is 5.94. The number of nitrogens with two attached hydrogens (primary N) is 1. The number of hydrogen-bond acceptors (Lipinski definition) is 2. The van der Waals surface area contributed by atoms with E-state index in [4.69, 9.17) is 5.73 Å². The van der Waals surface area contributed by atoms with Gasteiger partial charge in [-0.15, -0.1) is 0 Å². The molecule has 1 heterocycles. The maximum atomic E-state index is 13.0. The average Bonchev–Trinajstić information content (AvgIpc) is 3.19. The molecule has 2 fully saturated rings. The van der Waals surface area contributed by atoms with E-state index >= 15 is 0 Å². The summed E-state index contributed by atoms with van der Waals surface area (Å²) in [6.45, 7) is 0.731. The van der Waals surface area contributed by atoms with Crippen molar-refractivity contribution in [2.75, 3.05) is 6.54 Å². The lowest BCUT2D eigenvalue weighted by Gasteiger charge is -2.30. The smallest absolute Gasteiger partial charge is 0.313 e. The van der Waals surface area contributed by atoms with Crippen molar-refractivity contribution in [1.82, 2.24) is 10.2 Å². The standard InChI is InChI=1S/C19H21N3O2/c20-18(24)21-19(10-11-19)17(23)22-12-4-9-16(22)15-8-3-6-13-5-1-2-7-14(13)15/h1-3,5-8,16H,4,9-12H2,(H3,20,21,24)/t16-/m0/s1. The number of amides is 3. The second kappa shape index (κ2) is 5.51. The molecule has 4 rings (SSSR count). The molecule has 1 saturated heterocycles. The minimum atomic E-state index is -0.765. The monoisotopic (exact) mass is 323 g/mol. The quantitative estimate of drug-likeness (QED) is 0.911. The fourth-order valence-electron chi connectivity index (χ4n) is 3.90. The van der Waals surface area contributed by atoms with Crippen LogP contribution in [0.1, 0.15) is 37.3 Å². The lowest BCUT2D eigenvalue weighted by Crippen LogP contribution is -2.51. The predicted molar refractivity (Wildman–Crippen MR) is 92.3 cm³/mol. The number of hydrogen-bond donors (Lipinski definition) is 2. The number of fused-ring (bicyclic) bond motifs is 1. The molecule has 2 aliphatic rings. The molecule has 1 aliphatic carbocycles. The molecule has 2 aromatic carbocycles. The number of primary amides is 1. The second-order valence-electron chi connectivity index (χ2n) is 6.80. The van der Waals surface area contributed by atoms with E-state index in [1.165, 1.54) is 16.3 Å². The van der Waals surface area contributed by atoms with E-state index in [0.29, 0.717) is 12.8 Å². The van der Waals surface area contributed by atoms with E-state index in [-0.39, 0.29) is 11.9 Å². The molecule has 0 bridgehead atoms. The van der Waals surface area contributed by atoms with Gasteiger partial charge in [0.25, 0.3) is 0 Å². The molecule has 5 heteroatoms. The van der Waals surface area contributed by atoms with Crippen molar-refractivity contribution in [3.63, 3.8) is 0 Å². The van der Waals surface area contributed by atoms with Gasteiger partial charge in [-0.25, -0.2) is 4.79 Å². The molecule has 124 valence electrons. The molecule has 24 heavy (non-hydrogen) atoms. The highest BCUT2D eigenvalue weighted by Crippen LogP contribution is 2.43. The first-order valence-electron chi connectivity index (χ1n) is 8.47. The number of nitrogens with one attached hydrogen (secondary N) is 1. The Kier molecular flexibility index (Phi) is 3.44. The molecule has 0 unspecified atom stereocenters. The summed E-state index contributed by atoms with van der Waals surface area (Å²) in [4.78, 5) is 26.2. The van der Waals surface area contributed by atoms with Crippen LogP contribution in [0, 0.1) is 0 Å². The van der Waals surface area contributed by atoms with Crippen LogP contribution < -0.4 is 11.1 Å². The second-order valence-corrected chi connectivity index (χ2v) is 6.80. The van der Waals surface area contributed by atoms with Crippen molar-refractivity contribution in [2.24, 2.45) is 5.73 Å². The third-order valence-electron chi connectivity index (χ3n) is 5.22. The highest BCUT2D eigenvalue weighted by atomic mass is 16.2. The number of nitrogens with zero attached hydrogens (tertiary/aromatic N) is 1. The largest absolute Gasteiger partial charge is 0.352 e. The van der Waals surface area contributed by atoms with Gasteiger partial charge in [0.1, 0.15) is 5.54 Å². The number of rotatable bonds is 3. The average molecular weight is 323 g/mol. The van der Waals surface area contributed by atoms with E-state index < -0.39 is 11.6 Å². The molecule has 1 saturated carbocycles. The summed E-state index contributed by atoms with van der Waals surface area (Å²) in [5.74, 6) is 0.0109. The van der Waals surface area contributed by atoms with Crippen molar-refractivity contribution < 1.29 is 9.59 Å². The van der Waals surface area contributed by atoms with Gasteiger partial charge < -0.3 is 16.0 Å². The van der Waals surface area contributed by atoms with Gasteiger partial charge in [-0.2, -0.15) is 0 Å². The number of likely N-dealkylation sites (tertiary alicyclic amines) is 1. The number of urea groups is 1. The molecule has 3 amide bonds. The Labute approximate surface area is 140 Å². The summed E-state index contributed by atoms with van der Waals surface area (Å²) < 4.78 is 0. The first kappa shape index (κ1) is 15.0. The molecule has 5 nitrogen and oxygen atoms in total. The lowest BCUT2D eigenvalue weighted by atomic mass is 9.97. The highest BCUT2D eigenvalue weighted by Gasteiger charge is 2.54. The van der Waals surface area contributed by atoms with Gasteiger partial charge in [0.2, 0.25) is 5.91 Å². The Morgan fingerprint density at radius 3 is 2.62 bits per heavy atom. The zero-order valence-electron chi connectivity index (χ0n) is 13.5. The normalized spacial score (nSPS) is 21.7. The van der Waals surface area contributed by atoms with Gasteiger partial charge in [0.15, 0.2) is 0 Å². The van der Waals surface area contributed by atoms with E-state index in [0.717, 1.165) is 19.4 Å². The van der Waals surface area contributed by atoms with E-state index in [1.54, 1.807) is 0 Å². The van der Waals surface area contributed by atoms with Crippen LogP contribution in [-0.4, -0.2) is 28.9 Å². The topological polar surface area (TPSA) is 75.4 Å². The van der Waals surface area contributed by atoms with Crippen LogP contribution in [0.25, 0.3) is 10.8 Å². The van der Waals surface area contributed by atoms with Gasteiger partial charge in [-0.3, -0.25) is 4.79 Å². The summed E-state index contributed by atoms with van der Waals surface area (Å²) >= 11 is 0. The number of carbonyl (C=O) groups excluding carboxylic acids is 2. The Bertz CT molecular complexity index is 808. The summed E-state index contributed by atoms with van der Waals surface area (Å²) in [5.41, 5.74) is 5.68. The third kappa shape index (κ3) is 2.40. The van der Waals surface area contributed by atoms with E-state index in [9.17, 15) is 9.59 Å². The van der Waals surface area contributed by atoms with Crippen LogP contribution in [0.4, 0.5) is 4.79 Å². The van der Waals surface area contributed by atoms with Gasteiger partial charge in [-0.1, -0.05) is 42.5 Å². The third-order valence-corrected chi connectivity index (χ3v) is 5.22. The summed E-state index contributed by atoms with van der Waals surface area (Å²) in [6.07, 6.45) is 3.28. The predicted octanol–water partition coefficient (Wildman–Crippen LogP) is 2.70. The van der Waals surface area contributed by atoms with Crippen LogP contribution in [0.5, 0.6) is 0 Å². The van der Waals surface area contributed by atoms with E-state index in [2.05, 4.69) is 29.6 Å². The summed E-state index contributed by atoms with van der Waals surface area (Å²) in [7, 11) is 0.